The number of hydrogen-bond donors (Lipinski definition) is 0. The van der Waals surface area contributed by atoms with Crippen molar-refractivity contribution in [3.05, 3.63) is 30.3 Å². The highest BCUT2D eigenvalue weighted by molar-refractivity contribution is 7.89. The first-order valence-corrected chi connectivity index (χ1v) is 11.4. The van der Waals surface area contributed by atoms with E-state index in [1.54, 1.807) is 30.3 Å². The fourth-order valence-electron chi connectivity index (χ4n) is 5.35. The van der Waals surface area contributed by atoms with Crippen molar-refractivity contribution in [1.82, 2.24) is 4.31 Å². The Bertz CT molecular complexity index is 871. The van der Waals surface area contributed by atoms with Crippen LogP contribution in [0.3, 0.4) is 0 Å². The third-order valence-corrected chi connectivity index (χ3v) is 9.73. The van der Waals surface area contributed by atoms with Crippen LogP contribution in [0.2, 0.25) is 0 Å². The van der Waals surface area contributed by atoms with Crippen LogP contribution in [0, 0.1) is 16.7 Å². The summed E-state index contributed by atoms with van der Waals surface area (Å²) in [6, 6.07) is 8.30. The molecule has 3 unspecified atom stereocenters. The summed E-state index contributed by atoms with van der Waals surface area (Å²) >= 11 is 12.9. The Labute approximate surface area is 170 Å². The Morgan fingerprint density at radius 1 is 1.22 bits per heavy atom. The second-order valence-corrected chi connectivity index (χ2v) is 11.6. The predicted molar refractivity (Wildman–Crippen MR) is 103 cm³/mol. The first-order valence-electron chi connectivity index (χ1n) is 9.16. The van der Waals surface area contributed by atoms with Crippen molar-refractivity contribution in [2.45, 2.75) is 48.6 Å². The molecule has 0 radical (unpaired) electrons. The number of alkyl halides is 2. The van der Waals surface area contributed by atoms with Gasteiger partial charge in [0.25, 0.3) is 0 Å². The summed E-state index contributed by atoms with van der Waals surface area (Å²) in [5.41, 5.74) is -1.19. The molecular formula is C19H23Cl2NO4S. The number of halogens is 2. The second-order valence-electron chi connectivity index (χ2n) is 8.31. The standard InChI is InChI=1S/C19H23Cl2NO4S/c1-17(2)14-8-9-18(17,16(23)19(14,20)21)12-15-22(10-11-26-15)27(24,25)13-6-4-3-5-7-13/h3-7,14-15H,8-12H2,1-2H3. The molecule has 148 valence electrons. The van der Waals surface area contributed by atoms with Crippen LogP contribution in [-0.2, 0) is 19.6 Å². The molecule has 5 nitrogen and oxygen atoms in total. The molecule has 3 atom stereocenters. The Balaban J connectivity index is 1.68. The molecule has 1 aromatic carbocycles. The molecule has 2 bridgehead atoms. The van der Waals surface area contributed by atoms with Crippen molar-refractivity contribution in [2.75, 3.05) is 13.2 Å². The van der Waals surface area contributed by atoms with Gasteiger partial charge in [-0.2, -0.15) is 4.31 Å². The molecule has 1 aromatic rings. The van der Waals surface area contributed by atoms with Gasteiger partial charge in [-0.05, 0) is 30.4 Å². The van der Waals surface area contributed by atoms with E-state index in [0.717, 1.165) is 6.42 Å². The molecule has 1 heterocycles. The number of rotatable bonds is 4. The van der Waals surface area contributed by atoms with Crippen molar-refractivity contribution in [3.8, 4) is 0 Å². The van der Waals surface area contributed by atoms with E-state index in [2.05, 4.69) is 0 Å². The minimum absolute atomic E-state index is 0.138. The minimum Gasteiger partial charge on any atom is -0.361 e. The smallest absolute Gasteiger partial charge is 0.245 e. The first kappa shape index (κ1) is 19.6. The van der Waals surface area contributed by atoms with Crippen LogP contribution in [0.5, 0.6) is 0 Å². The third kappa shape index (κ3) is 2.57. The number of Topliss-reactive ketones (excluding diaryl/α,β-unsaturated/α-hetero) is 1. The molecular weight excluding hydrogens is 409 g/mol. The van der Waals surface area contributed by atoms with Crippen molar-refractivity contribution in [1.29, 1.82) is 0 Å². The molecule has 2 saturated carbocycles. The van der Waals surface area contributed by atoms with Crippen LogP contribution < -0.4 is 0 Å². The number of ketones is 1. The number of hydrogen-bond acceptors (Lipinski definition) is 4. The van der Waals surface area contributed by atoms with E-state index in [9.17, 15) is 13.2 Å². The number of benzene rings is 1. The van der Waals surface area contributed by atoms with Crippen LogP contribution in [0.15, 0.2) is 35.2 Å². The molecule has 8 heteroatoms. The maximum atomic E-state index is 13.2. The van der Waals surface area contributed by atoms with Crippen molar-refractivity contribution < 1.29 is 17.9 Å². The molecule has 0 N–H and O–H groups in total. The van der Waals surface area contributed by atoms with Crippen LogP contribution in [0.4, 0.5) is 0 Å². The Hall–Kier alpha value is -0.660. The van der Waals surface area contributed by atoms with Gasteiger partial charge in [0.2, 0.25) is 10.0 Å². The highest BCUT2D eigenvalue weighted by Gasteiger charge is 2.74. The summed E-state index contributed by atoms with van der Waals surface area (Å²) in [6.07, 6.45) is 0.996. The molecule has 0 amide bonds. The van der Waals surface area contributed by atoms with Gasteiger partial charge in [-0.15, -0.1) is 0 Å². The lowest BCUT2D eigenvalue weighted by Gasteiger charge is -2.39. The summed E-state index contributed by atoms with van der Waals surface area (Å²) in [5, 5.41) is 0. The zero-order chi connectivity index (χ0) is 19.7. The Kier molecular flexibility index (Phi) is 4.49. The summed E-state index contributed by atoms with van der Waals surface area (Å²) < 4.78 is 32.0. The molecule has 3 aliphatic rings. The van der Waals surface area contributed by atoms with E-state index in [1.165, 1.54) is 4.31 Å². The van der Waals surface area contributed by atoms with Crippen LogP contribution in [-0.4, -0.2) is 42.2 Å². The molecule has 1 aliphatic heterocycles. The molecule has 2 aliphatic carbocycles. The highest BCUT2D eigenvalue weighted by Crippen LogP contribution is 2.71. The highest BCUT2D eigenvalue weighted by atomic mass is 35.5. The fourth-order valence-corrected chi connectivity index (χ4v) is 8.01. The molecule has 27 heavy (non-hydrogen) atoms. The van der Waals surface area contributed by atoms with Crippen molar-refractivity contribution in [2.24, 2.45) is 16.7 Å². The predicted octanol–water partition coefficient (Wildman–Crippen LogP) is 3.60. The van der Waals surface area contributed by atoms with Gasteiger partial charge in [-0.1, -0.05) is 55.2 Å². The topological polar surface area (TPSA) is 63.7 Å². The van der Waals surface area contributed by atoms with Gasteiger partial charge < -0.3 is 4.74 Å². The lowest BCUT2D eigenvalue weighted by molar-refractivity contribution is -0.133. The fraction of sp³-hybridized carbons (Fsp3) is 0.632. The average molecular weight is 432 g/mol. The van der Waals surface area contributed by atoms with Crippen LogP contribution in [0.25, 0.3) is 0 Å². The number of fused-ring (bicyclic) bond motifs is 2. The van der Waals surface area contributed by atoms with Gasteiger partial charge in [0.1, 0.15) is 6.23 Å². The van der Waals surface area contributed by atoms with Gasteiger partial charge in [0.05, 0.1) is 11.5 Å². The van der Waals surface area contributed by atoms with Gasteiger partial charge in [0, 0.05) is 24.3 Å². The SMILES string of the molecule is CC1(C)C2CCC1(CC1OCCN1S(=O)(=O)c1ccccc1)C(=O)C2(Cl)Cl. The van der Waals surface area contributed by atoms with Gasteiger partial charge in [-0.3, -0.25) is 4.79 Å². The van der Waals surface area contributed by atoms with Gasteiger partial charge in [-0.25, -0.2) is 8.42 Å². The van der Waals surface area contributed by atoms with Crippen LogP contribution in [0.1, 0.15) is 33.1 Å². The normalized spacial score (nSPS) is 35.0. The van der Waals surface area contributed by atoms with Gasteiger partial charge in [0.15, 0.2) is 10.1 Å². The summed E-state index contributed by atoms with van der Waals surface area (Å²) in [7, 11) is -3.70. The Morgan fingerprint density at radius 2 is 1.89 bits per heavy atom. The van der Waals surface area contributed by atoms with E-state index in [-0.39, 0.29) is 29.6 Å². The lowest BCUT2D eigenvalue weighted by atomic mass is 9.66. The maximum Gasteiger partial charge on any atom is 0.245 e. The zero-order valence-corrected chi connectivity index (χ0v) is 17.6. The quantitative estimate of drug-likeness (QED) is 0.682. The van der Waals surface area contributed by atoms with Crippen LogP contribution >= 0.6 is 23.2 Å². The Morgan fingerprint density at radius 3 is 2.48 bits per heavy atom. The average Bonchev–Trinajstić information content (AvgIpc) is 3.20. The number of ether oxygens (including phenoxy) is 1. The van der Waals surface area contributed by atoms with Crippen molar-refractivity contribution >= 4 is 39.0 Å². The zero-order valence-electron chi connectivity index (χ0n) is 15.3. The number of carbonyl (C=O) groups excluding carboxylic acids is 1. The molecule has 1 saturated heterocycles. The molecule has 0 spiro atoms. The molecule has 0 aromatic heterocycles. The van der Waals surface area contributed by atoms with E-state index in [1.807, 2.05) is 13.8 Å². The number of carbonyl (C=O) groups is 1. The first-order chi connectivity index (χ1) is 12.5. The third-order valence-electron chi connectivity index (χ3n) is 6.96. The largest absolute Gasteiger partial charge is 0.361 e. The molecule has 3 fully saturated rings. The number of sulfonamides is 1. The molecule has 4 rings (SSSR count). The van der Waals surface area contributed by atoms with Gasteiger partial charge >= 0.3 is 0 Å². The minimum atomic E-state index is -3.70. The summed E-state index contributed by atoms with van der Waals surface area (Å²) in [5.74, 6) is -0.325. The second kappa shape index (κ2) is 6.17. The van der Waals surface area contributed by atoms with E-state index in [0.29, 0.717) is 13.0 Å². The van der Waals surface area contributed by atoms with E-state index < -0.39 is 31.4 Å². The number of nitrogens with zero attached hydrogens (tertiary/aromatic N) is 1. The monoisotopic (exact) mass is 431 g/mol. The van der Waals surface area contributed by atoms with E-state index in [4.69, 9.17) is 27.9 Å². The van der Waals surface area contributed by atoms with Crippen molar-refractivity contribution in [3.63, 3.8) is 0 Å². The maximum absolute atomic E-state index is 13.2. The summed E-state index contributed by atoms with van der Waals surface area (Å²) in [4.78, 5) is 13.4. The summed E-state index contributed by atoms with van der Waals surface area (Å²) in [6.45, 7) is 4.60. The lowest BCUT2D eigenvalue weighted by Crippen LogP contribution is -2.46. The van der Waals surface area contributed by atoms with E-state index >= 15 is 0 Å².